The van der Waals surface area contributed by atoms with Crippen LogP contribution in [0.4, 0.5) is 0 Å². The van der Waals surface area contributed by atoms with Crippen LogP contribution in [-0.4, -0.2) is 110 Å². The second-order valence-corrected chi connectivity index (χ2v) is 9.96. The van der Waals surface area contributed by atoms with Crippen molar-refractivity contribution < 1.29 is 69.0 Å². The molecule has 0 spiro atoms. The zero-order valence-electron chi connectivity index (χ0n) is 22.2. The molecule has 42 heavy (non-hydrogen) atoms. The molecule has 3 aromatic rings. The molecule has 2 aromatic carbocycles. The Morgan fingerprint density at radius 3 is 2.26 bits per heavy atom. The van der Waals surface area contributed by atoms with E-state index in [0.29, 0.717) is 0 Å². The Labute approximate surface area is 236 Å². The second kappa shape index (κ2) is 11.5. The van der Waals surface area contributed by atoms with Crippen LogP contribution in [0.25, 0.3) is 22.3 Å². The molecule has 2 saturated heterocycles. The van der Waals surface area contributed by atoms with E-state index < -0.39 is 72.2 Å². The first-order valence-corrected chi connectivity index (χ1v) is 12.8. The lowest BCUT2D eigenvalue weighted by molar-refractivity contribution is -0.268. The van der Waals surface area contributed by atoms with Crippen LogP contribution >= 0.6 is 0 Å². The Kier molecular flexibility index (Phi) is 8.19. The highest BCUT2D eigenvalue weighted by atomic mass is 16.7. The Morgan fingerprint density at radius 2 is 1.55 bits per heavy atom. The SMILES string of the molecule is COc1c(-c2ccc(O)c(OC3OCC(O)C(O)C3O)c2)oc2cc(OC3OC(C)C(O)C(O)C3O)cc(O)c2c1=O. The van der Waals surface area contributed by atoms with E-state index in [1.807, 2.05) is 0 Å². The number of aliphatic hydroxyl groups excluding tert-OH is 6. The van der Waals surface area contributed by atoms with E-state index in [1.54, 1.807) is 0 Å². The molecule has 1 aromatic heterocycles. The number of aliphatic hydroxyl groups is 6. The van der Waals surface area contributed by atoms with Crippen LogP contribution in [0.15, 0.2) is 39.5 Å². The first-order valence-electron chi connectivity index (χ1n) is 12.8. The van der Waals surface area contributed by atoms with Crippen LogP contribution in [0, 0.1) is 0 Å². The van der Waals surface area contributed by atoms with Crippen molar-refractivity contribution in [2.24, 2.45) is 0 Å². The quantitative estimate of drug-likeness (QED) is 0.169. The smallest absolute Gasteiger partial charge is 0.239 e. The third kappa shape index (κ3) is 5.32. The van der Waals surface area contributed by atoms with Crippen molar-refractivity contribution in [3.05, 3.63) is 40.6 Å². The monoisotopic (exact) mass is 594 g/mol. The third-order valence-electron chi connectivity index (χ3n) is 7.09. The number of hydrogen-bond donors (Lipinski definition) is 8. The summed E-state index contributed by atoms with van der Waals surface area (Å²) in [6.45, 7) is 1.12. The molecule has 228 valence electrons. The number of ether oxygens (including phenoxy) is 5. The summed E-state index contributed by atoms with van der Waals surface area (Å²) < 4.78 is 33.0. The van der Waals surface area contributed by atoms with Gasteiger partial charge in [-0.05, 0) is 25.1 Å². The summed E-state index contributed by atoms with van der Waals surface area (Å²) in [4.78, 5) is 13.3. The summed E-state index contributed by atoms with van der Waals surface area (Å²) in [6, 6.07) is 6.12. The lowest BCUT2D eigenvalue weighted by atomic mass is 10.00. The number of hydrogen-bond acceptors (Lipinski definition) is 15. The molecule has 0 amide bonds. The highest BCUT2D eigenvalue weighted by Crippen LogP contribution is 2.40. The van der Waals surface area contributed by atoms with Crippen LogP contribution < -0.4 is 19.6 Å². The molecule has 2 aliphatic rings. The minimum Gasteiger partial charge on any atom is -0.507 e. The predicted octanol–water partition coefficient (Wildman–Crippen LogP) is -1.10. The molecule has 15 heteroatoms. The summed E-state index contributed by atoms with van der Waals surface area (Å²) in [7, 11) is 1.20. The molecule has 3 heterocycles. The van der Waals surface area contributed by atoms with Crippen molar-refractivity contribution >= 4 is 11.0 Å². The van der Waals surface area contributed by atoms with E-state index in [4.69, 9.17) is 28.1 Å². The largest absolute Gasteiger partial charge is 0.507 e. The van der Waals surface area contributed by atoms with Gasteiger partial charge in [0, 0.05) is 17.7 Å². The fourth-order valence-electron chi connectivity index (χ4n) is 4.70. The van der Waals surface area contributed by atoms with Crippen molar-refractivity contribution in [3.63, 3.8) is 0 Å². The highest BCUT2D eigenvalue weighted by molar-refractivity contribution is 5.88. The molecule has 0 radical (unpaired) electrons. The van der Waals surface area contributed by atoms with Gasteiger partial charge in [0.05, 0.1) is 19.8 Å². The van der Waals surface area contributed by atoms with E-state index in [0.717, 1.165) is 6.07 Å². The number of methoxy groups -OCH3 is 1. The van der Waals surface area contributed by atoms with Gasteiger partial charge in [-0.1, -0.05) is 0 Å². The van der Waals surface area contributed by atoms with Crippen LogP contribution in [0.1, 0.15) is 6.92 Å². The number of phenolic OH excluding ortho intramolecular Hbond substituents is 2. The minimum atomic E-state index is -1.65. The lowest BCUT2D eigenvalue weighted by Crippen LogP contribution is -2.58. The highest BCUT2D eigenvalue weighted by Gasteiger charge is 2.43. The Balaban J connectivity index is 1.52. The first-order chi connectivity index (χ1) is 19.9. The van der Waals surface area contributed by atoms with E-state index in [9.17, 15) is 45.6 Å². The van der Waals surface area contributed by atoms with Gasteiger partial charge in [-0.15, -0.1) is 0 Å². The van der Waals surface area contributed by atoms with E-state index in [2.05, 4.69) is 0 Å². The van der Waals surface area contributed by atoms with Gasteiger partial charge in [0.15, 0.2) is 17.3 Å². The van der Waals surface area contributed by atoms with Crippen molar-refractivity contribution in [2.75, 3.05) is 13.7 Å². The van der Waals surface area contributed by atoms with Gasteiger partial charge in [0.2, 0.25) is 23.8 Å². The molecule has 9 atom stereocenters. The van der Waals surface area contributed by atoms with Crippen molar-refractivity contribution in [3.8, 4) is 40.1 Å². The minimum absolute atomic E-state index is 0.113. The predicted molar refractivity (Wildman–Crippen MR) is 139 cm³/mol. The molecule has 2 aliphatic heterocycles. The van der Waals surface area contributed by atoms with E-state index in [-0.39, 0.29) is 46.1 Å². The number of phenols is 2. The number of aromatic hydroxyl groups is 2. The second-order valence-electron chi connectivity index (χ2n) is 9.96. The zero-order valence-corrected chi connectivity index (χ0v) is 22.2. The summed E-state index contributed by atoms with van der Waals surface area (Å²) in [5, 5.41) is 80.8. The Bertz CT molecular complexity index is 1510. The van der Waals surface area contributed by atoms with Gasteiger partial charge in [0.1, 0.15) is 59.1 Å². The van der Waals surface area contributed by atoms with Crippen LogP contribution in [0.5, 0.6) is 28.7 Å². The number of fused-ring (bicyclic) bond motifs is 1. The van der Waals surface area contributed by atoms with Crippen molar-refractivity contribution in [1.29, 1.82) is 0 Å². The first kappa shape index (κ1) is 29.8. The van der Waals surface area contributed by atoms with Gasteiger partial charge >= 0.3 is 0 Å². The molecule has 0 bridgehead atoms. The van der Waals surface area contributed by atoms with Gasteiger partial charge in [-0.2, -0.15) is 0 Å². The third-order valence-corrected chi connectivity index (χ3v) is 7.09. The molecular formula is C27H30O15. The molecule has 5 rings (SSSR count). The maximum absolute atomic E-state index is 13.3. The topological polar surface area (TPSA) is 238 Å². The van der Waals surface area contributed by atoms with Gasteiger partial charge < -0.3 is 69.0 Å². The lowest BCUT2D eigenvalue weighted by Gasteiger charge is -2.38. The number of rotatable bonds is 6. The summed E-state index contributed by atoms with van der Waals surface area (Å²) in [5.41, 5.74) is -0.798. The van der Waals surface area contributed by atoms with Crippen LogP contribution in [0.3, 0.4) is 0 Å². The van der Waals surface area contributed by atoms with Crippen molar-refractivity contribution in [2.45, 2.75) is 62.2 Å². The zero-order chi connectivity index (χ0) is 30.5. The molecule has 8 N–H and O–H groups in total. The Morgan fingerprint density at radius 1 is 0.833 bits per heavy atom. The van der Waals surface area contributed by atoms with Crippen LogP contribution in [-0.2, 0) is 9.47 Å². The molecule has 2 fully saturated rings. The molecule has 0 aliphatic carbocycles. The van der Waals surface area contributed by atoms with Crippen molar-refractivity contribution in [1.82, 2.24) is 0 Å². The summed E-state index contributed by atoms with van der Waals surface area (Å²) in [5.74, 6) is -1.76. The standard InChI is InChI=1S/C27H30O15/c1-9-18(31)21(34)23(36)27(39-9)40-11-6-13(29)17-16(7-11)41-24(25(37-2)20(17)33)10-3-4-12(28)15(5-10)42-26-22(35)19(32)14(30)8-38-26/h3-7,9,14,18-19,21-23,26-32,34-36H,8H2,1-2H3. The molecule has 0 saturated carbocycles. The summed E-state index contributed by atoms with van der Waals surface area (Å²) >= 11 is 0. The fourth-order valence-corrected chi connectivity index (χ4v) is 4.70. The van der Waals surface area contributed by atoms with Gasteiger partial charge in [-0.3, -0.25) is 4.79 Å². The fraction of sp³-hybridized carbons (Fsp3) is 0.444. The molecule has 15 nitrogen and oxygen atoms in total. The average molecular weight is 595 g/mol. The van der Waals surface area contributed by atoms with Crippen LogP contribution in [0.2, 0.25) is 0 Å². The number of benzene rings is 2. The van der Waals surface area contributed by atoms with Gasteiger partial charge in [0.25, 0.3) is 0 Å². The normalized spacial score (nSPS) is 31.6. The summed E-state index contributed by atoms with van der Waals surface area (Å²) in [6.07, 6.45) is -12.9. The van der Waals surface area contributed by atoms with E-state index in [1.165, 1.54) is 38.3 Å². The van der Waals surface area contributed by atoms with Gasteiger partial charge in [-0.25, -0.2) is 0 Å². The maximum atomic E-state index is 13.3. The maximum Gasteiger partial charge on any atom is 0.239 e. The molecular weight excluding hydrogens is 564 g/mol. The molecule has 9 unspecified atom stereocenters. The average Bonchev–Trinajstić information content (AvgIpc) is 2.95. The van der Waals surface area contributed by atoms with E-state index >= 15 is 0 Å². The Hall–Kier alpha value is -3.67.